The summed E-state index contributed by atoms with van der Waals surface area (Å²) in [4.78, 5) is 13.3. The number of benzene rings is 1. The number of H-pyrrole nitrogens is 1. The van der Waals surface area contributed by atoms with Crippen LogP contribution in [0.2, 0.25) is 0 Å². The van der Waals surface area contributed by atoms with Gasteiger partial charge in [-0.3, -0.25) is 0 Å². The zero-order valence-electron chi connectivity index (χ0n) is 8.21. The average molecular weight is 245 g/mol. The number of rotatable bonds is 3. The smallest absolute Gasteiger partial charge is 0.387 e. The molecule has 0 spiro atoms. The molecule has 2 N–H and O–H groups in total. The zero-order valence-corrected chi connectivity index (χ0v) is 8.21. The molecule has 17 heavy (non-hydrogen) atoms. The maximum atomic E-state index is 13.3. The molecule has 1 heterocycles. The van der Waals surface area contributed by atoms with Crippen molar-refractivity contribution in [3.05, 3.63) is 29.7 Å². The van der Waals surface area contributed by atoms with Crippen molar-refractivity contribution in [3.63, 3.8) is 0 Å². The Kier molecular flexibility index (Phi) is 2.66. The molecule has 0 radical (unpaired) electrons. The number of hydrogen-bond acceptors (Lipinski definition) is 2. The first-order chi connectivity index (χ1) is 7.99. The van der Waals surface area contributed by atoms with Crippen LogP contribution in [0.1, 0.15) is 10.4 Å². The second kappa shape index (κ2) is 4.00. The van der Waals surface area contributed by atoms with Crippen molar-refractivity contribution in [2.45, 2.75) is 6.61 Å². The largest absolute Gasteiger partial charge is 0.478 e. The second-order valence-corrected chi connectivity index (χ2v) is 3.21. The summed E-state index contributed by atoms with van der Waals surface area (Å²) in [5.41, 5.74) is 0.0712. The van der Waals surface area contributed by atoms with Gasteiger partial charge in [0.1, 0.15) is 0 Å². The van der Waals surface area contributed by atoms with E-state index >= 15 is 0 Å². The molecule has 0 atom stereocenters. The number of aromatic carboxylic acids is 1. The molecule has 7 heteroatoms. The highest BCUT2D eigenvalue weighted by Crippen LogP contribution is 2.27. The summed E-state index contributed by atoms with van der Waals surface area (Å²) in [5.74, 6) is -2.91. The topological polar surface area (TPSA) is 62.3 Å². The summed E-state index contributed by atoms with van der Waals surface area (Å²) >= 11 is 0. The van der Waals surface area contributed by atoms with Crippen molar-refractivity contribution in [3.8, 4) is 5.75 Å². The first-order valence-electron chi connectivity index (χ1n) is 4.48. The van der Waals surface area contributed by atoms with E-state index in [4.69, 9.17) is 5.11 Å². The molecular formula is C10H6F3NO3. The van der Waals surface area contributed by atoms with Gasteiger partial charge in [0.2, 0.25) is 0 Å². The first kappa shape index (κ1) is 11.3. The van der Waals surface area contributed by atoms with E-state index in [1.54, 1.807) is 0 Å². The molecule has 2 rings (SSSR count). The van der Waals surface area contributed by atoms with Crippen LogP contribution >= 0.6 is 0 Å². The quantitative estimate of drug-likeness (QED) is 0.873. The van der Waals surface area contributed by atoms with Crippen molar-refractivity contribution in [2.75, 3.05) is 0 Å². The third-order valence-electron chi connectivity index (χ3n) is 2.18. The second-order valence-electron chi connectivity index (χ2n) is 3.21. The lowest BCUT2D eigenvalue weighted by Gasteiger charge is -2.05. The maximum Gasteiger partial charge on any atom is 0.387 e. The van der Waals surface area contributed by atoms with Gasteiger partial charge in [-0.2, -0.15) is 8.78 Å². The number of aromatic nitrogens is 1. The average Bonchev–Trinajstić information content (AvgIpc) is 2.60. The summed E-state index contributed by atoms with van der Waals surface area (Å²) in [6.07, 6.45) is 1.15. The summed E-state index contributed by atoms with van der Waals surface area (Å²) in [7, 11) is 0. The van der Waals surface area contributed by atoms with Gasteiger partial charge in [-0.1, -0.05) is 0 Å². The molecule has 4 nitrogen and oxygen atoms in total. The Morgan fingerprint density at radius 3 is 2.71 bits per heavy atom. The fourth-order valence-electron chi connectivity index (χ4n) is 1.49. The Morgan fingerprint density at radius 2 is 2.12 bits per heavy atom. The van der Waals surface area contributed by atoms with E-state index in [0.29, 0.717) is 0 Å². The zero-order chi connectivity index (χ0) is 12.6. The van der Waals surface area contributed by atoms with Gasteiger partial charge < -0.3 is 14.8 Å². The van der Waals surface area contributed by atoms with E-state index in [-0.39, 0.29) is 16.5 Å². The van der Waals surface area contributed by atoms with Crippen LogP contribution in [0, 0.1) is 5.82 Å². The number of carboxylic acid groups (broad SMARTS) is 1. The van der Waals surface area contributed by atoms with E-state index in [2.05, 4.69) is 9.72 Å². The first-order valence-corrected chi connectivity index (χ1v) is 4.48. The Morgan fingerprint density at radius 1 is 1.41 bits per heavy atom. The Labute approximate surface area is 92.6 Å². The lowest BCUT2D eigenvalue weighted by Crippen LogP contribution is -2.03. The van der Waals surface area contributed by atoms with Crippen LogP contribution < -0.4 is 4.74 Å². The molecule has 2 aromatic rings. The summed E-state index contributed by atoms with van der Waals surface area (Å²) in [6, 6.07) is 1.83. The van der Waals surface area contributed by atoms with Gasteiger partial charge in [-0.15, -0.1) is 0 Å². The Balaban J connectivity index is 2.56. The SMILES string of the molecule is O=C(O)c1c[nH]c2cc(OC(F)F)c(F)cc12. The van der Waals surface area contributed by atoms with Crippen LogP contribution in [-0.2, 0) is 0 Å². The molecule has 0 aliphatic heterocycles. The van der Waals surface area contributed by atoms with E-state index in [9.17, 15) is 18.0 Å². The van der Waals surface area contributed by atoms with E-state index in [1.165, 1.54) is 0 Å². The minimum atomic E-state index is -3.14. The number of fused-ring (bicyclic) bond motifs is 1. The van der Waals surface area contributed by atoms with E-state index < -0.39 is 24.1 Å². The number of halogens is 3. The fourth-order valence-corrected chi connectivity index (χ4v) is 1.49. The van der Waals surface area contributed by atoms with Crippen LogP contribution in [0.15, 0.2) is 18.3 Å². The third kappa shape index (κ3) is 2.03. The molecule has 90 valence electrons. The number of carbonyl (C=O) groups is 1. The van der Waals surface area contributed by atoms with Gasteiger partial charge in [-0.05, 0) is 6.07 Å². The van der Waals surface area contributed by atoms with Crippen molar-refractivity contribution < 1.29 is 27.8 Å². The highest BCUT2D eigenvalue weighted by atomic mass is 19.3. The molecule has 0 saturated heterocycles. The van der Waals surface area contributed by atoms with Gasteiger partial charge in [0.05, 0.1) is 11.1 Å². The van der Waals surface area contributed by atoms with Gasteiger partial charge in [0.15, 0.2) is 11.6 Å². The molecule has 1 aromatic carbocycles. The molecule has 0 aliphatic rings. The summed E-state index contributed by atoms with van der Waals surface area (Å²) < 4.78 is 41.2. The molecular weight excluding hydrogens is 239 g/mol. The lowest BCUT2D eigenvalue weighted by atomic mass is 10.1. The van der Waals surface area contributed by atoms with E-state index in [0.717, 1.165) is 18.3 Å². The lowest BCUT2D eigenvalue weighted by molar-refractivity contribution is -0.0520. The van der Waals surface area contributed by atoms with Crippen LogP contribution in [0.3, 0.4) is 0 Å². The minimum Gasteiger partial charge on any atom is -0.478 e. The number of alkyl halides is 2. The third-order valence-corrected chi connectivity index (χ3v) is 2.18. The fraction of sp³-hybridized carbons (Fsp3) is 0.100. The highest BCUT2D eigenvalue weighted by molar-refractivity contribution is 6.03. The number of carboxylic acids is 1. The van der Waals surface area contributed by atoms with Crippen LogP contribution in [0.25, 0.3) is 10.9 Å². The molecule has 0 saturated carbocycles. The van der Waals surface area contributed by atoms with Crippen LogP contribution in [-0.4, -0.2) is 22.7 Å². The molecule has 0 fully saturated rings. The van der Waals surface area contributed by atoms with Gasteiger partial charge in [-0.25, -0.2) is 9.18 Å². The van der Waals surface area contributed by atoms with Gasteiger partial charge in [0.25, 0.3) is 0 Å². The monoisotopic (exact) mass is 245 g/mol. The molecule has 0 unspecified atom stereocenters. The van der Waals surface area contributed by atoms with Gasteiger partial charge in [0, 0.05) is 17.6 Å². The standard InChI is InChI=1S/C10H6F3NO3/c11-6-1-4-5(9(15)16)3-14-7(4)2-8(6)17-10(12)13/h1-3,10,14H,(H,15,16). The van der Waals surface area contributed by atoms with Crippen molar-refractivity contribution in [1.29, 1.82) is 0 Å². The van der Waals surface area contributed by atoms with Crippen LogP contribution in [0.5, 0.6) is 5.75 Å². The molecule has 0 amide bonds. The summed E-state index contributed by atoms with van der Waals surface area (Å²) in [5, 5.41) is 8.88. The molecule has 0 bridgehead atoms. The van der Waals surface area contributed by atoms with Crippen molar-refractivity contribution >= 4 is 16.9 Å². The van der Waals surface area contributed by atoms with E-state index in [1.807, 2.05) is 0 Å². The Bertz CT molecular complexity index is 579. The van der Waals surface area contributed by atoms with Gasteiger partial charge >= 0.3 is 12.6 Å². The number of aromatic amines is 1. The number of ether oxygens (including phenoxy) is 1. The molecule has 0 aliphatic carbocycles. The summed E-state index contributed by atoms with van der Waals surface area (Å²) in [6.45, 7) is -3.14. The highest BCUT2D eigenvalue weighted by Gasteiger charge is 2.16. The predicted molar refractivity (Wildman–Crippen MR) is 51.8 cm³/mol. The predicted octanol–water partition coefficient (Wildman–Crippen LogP) is 2.61. The number of nitrogens with one attached hydrogen (secondary N) is 1. The Hall–Kier alpha value is -2.18. The minimum absolute atomic E-state index is 0.0941. The van der Waals surface area contributed by atoms with Crippen molar-refractivity contribution in [2.24, 2.45) is 0 Å². The maximum absolute atomic E-state index is 13.3. The molecule has 1 aromatic heterocycles. The van der Waals surface area contributed by atoms with Crippen LogP contribution in [0.4, 0.5) is 13.2 Å². The normalized spacial score (nSPS) is 11.1. The number of hydrogen-bond donors (Lipinski definition) is 2. The van der Waals surface area contributed by atoms with Crippen molar-refractivity contribution in [1.82, 2.24) is 4.98 Å².